The summed E-state index contributed by atoms with van der Waals surface area (Å²) in [5.41, 5.74) is 3.31. The van der Waals surface area contributed by atoms with Crippen LogP contribution in [0.2, 0.25) is 0 Å². The van der Waals surface area contributed by atoms with Crippen LogP contribution in [0.4, 0.5) is 5.69 Å². The maximum atomic E-state index is 12.8. The van der Waals surface area contributed by atoms with Gasteiger partial charge in [0.25, 0.3) is 11.8 Å². The molecule has 2 amide bonds. The number of methoxy groups -OCH3 is 1. The number of aromatic nitrogens is 1. The Kier molecular flexibility index (Phi) is 6.80. The lowest BCUT2D eigenvalue weighted by atomic mass is 10.1. The molecular weight excluding hydrogens is 434 g/mol. The molecule has 0 fully saturated rings. The third-order valence-electron chi connectivity index (χ3n) is 5.10. The molecule has 2 N–H and O–H groups in total. The van der Waals surface area contributed by atoms with Gasteiger partial charge in [0.15, 0.2) is 0 Å². The number of ether oxygens (including phenoxy) is 1. The molecule has 0 aliphatic carbocycles. The van der Waals surface area contributed by atoms with Crippen molar-refractivity contribution in [2.24, 2.45) is 0 Å². The summed E-state index contributed by atoms with van der Waals surface area (Å²) in [5.74, 6) is 0.260. The van der Waals surface area contributed by atoms with Crippen molar-refractivity contribution in [3.8, 4) is 16.3 Å². The molecule has 0 bridgehead atoms. The van der Waals surface area contributed by atoms with E-state index in [1.807, 2.05) is 73.7 Å². The maximum absolute atomic E-state index is 12.8. The minimum atomic E-state index is -0.275. The van der Waals surface area contributed by atoms with E-state index >= 15 is 0 Å². The number of carbonyl (C=O) groups excluding carboxylic acids is 2. The maximum Gasteiger partial charge on any atom is 0.271 e. The van der Waals surface area contributed by atoms with Crippen LogP contribution in [0.25, 0.3) is 10.6 Å². The Bertz CT molecular complexity index is 1270. The first kappa shape index (κ1) is 22.2. The second-order valence-electron chi connectivity index (χ2n) is 7.38. The molecule has 0 radical (unpaired) electrons. The van der Waals surface area contributed by atoms with E-state index in [2.05, 4.69) is 15.6 Å². The number of thiazole rings is 1. The van der Waals surface area contributed by atoms with Crippen molar-refractivity contribution in [1.82, 2.24) is 10.3 Å². The van der Waals surface area contributed by atoms with Crippen molar-refractivity contribution >= 4 is 28.8 Å². The van der Waals surface area contributed by atoms with Crippen LogP contribution in [0.3, 0.4) is 0 Å². The number of rotatable bonds is 7. The Balaban J connectivity index is 1.44. The van der Waals surface area contributed by atoms with Gasteiger partial charge in [-0.05, 0) is 48.9 Å². The number of nitrogens with zero attached hydrogens (tertiary/aromatic N) is 1. The smallest absolute Gasteiger partial charge is 0.271 e. The van der Waals surface area contributed by atoms with E-state index in [0.29, 0.717) is 22.7 Å². The van der Waals surface area contributed by atoms with Crippen LogP contribution in [0, 0.1) is 0 Å². The largest absolute Gasteiger partial charge is 0.496 e. The molecule has 0 spiro atoms. The summed E-state index contributed by atoms with van der Waals surface area (Å²) >= 11 is 1.39. The van der Waals surface area contributed by atoms with Crippen LogP contribution < -0.4 is 15.4 Å². The number of nitrogens with one attached hydrogen (secondary N) is 2. The molecule has 0 aliphatic rings. The SMILES string of the molecule is COc1ccccc1-c1nc(C(=O)NC(C)c2cccc(NC(=O)c3ccccc3)c2)cs1. The first-order valence-corrected chi connectivity index (χ1v) is 11.3. The lowest BCUT2D eigenvalue weighted by Crippen LogP contribution is -2.27. The van der Waals surface area contributed by atoms with E-state index in [4.69, 9.17) is 4.74 Å². The molecule has 166 valence electrons. The van der Waals surface area contributed by atoms with Crippen LogP contribution in [0.1, 0.15) is 39.4 Å². The molecule has 4 aromatic rings. The Labute approximate surface area is 196 Å². The molecular formula is C26H23N3O3S. The first-order chi connectivity index (χ1) is 16.0. The number of anilines is 1. The predicted octanol–water partition coefficient (Wildman–Crippen LogP) is 5.56. The van der Waals surface area contributed by atoms with Crippen LogP contribution in [0.5, 0.6) is 5.75 Å². The molecule has 1 atom stereocenters. The quantitative estimate of drug-likeness (QED) is 0.381. The lowest BCUT2D eigenvalue weighted by molar-refractivity contribution is 0.0934. The van der Waals surface area contributed by atoms with Gasteiger partial charge in [0.1, 0.15) is 16.5 Å². The fourth-order valence-electron chi connectivity index (χ4n) is 3.36. The second-order valence-corrected chi connectivity index (χ2v) is 8.24. The molecule has 1 aromatic heterocycles. The highest BCUT2D eigenvalue weighted by molar-refractivity contribution is 7.13. The molecule has 0 aliphatic heterocycles. The monoisotopic (exact) mass is 457 g/mol. The summed E-state index contributed by atoms with van der Waals surface area (Å²) in [5, 5.41) is 8.33. The molecule has 33 heavy (non-hydrogen) atoms. The van der Waals surface area contributed by atoms with Gasteiger partial charge in [0, 0.05) is 16.6 Å². The van der Waals surface area contributed by atoms with Crippen molar-refractivity contribution < 1.29 is 14.3 Å². The van der Waals surface area contributed by atoms with Gasteiger partial charge in [0.2, 0.25) is 0 Å². The highest BCUT2D eigenvalue weighted by Crippen LogP contribution is 2.32. The van der Waals surface area contributed by atoms with Crippen molar-refractivity contribution in [2.75, 3.05) is 12.4 Å². The number of hydrogen-bond acceptors (Lipinski definition) is 5. The average molecular weight is 458 g/mol. The third-order valence-corrected chi connectivity index (χ3v) is 5.98. The Morgan fingerprint density at radius 3 is 2.48 bits per heavy atom. The summed E-state index contributed by atoms with van der Waals surface area (Å²) in [6, 6.07) is 23.8. The minimum absolute atomic E-state index is 0.184. The van der Waals surface area contributed by atoms with Gasteiger partial charge in [-0.25, -0.2) is 4.98 Å². The molecule has 6 nitrogen and oxygen atoms in total. The van der Waals surface area contributed by atoms with Gasteiger partial charge in [0.05, 0.1) is 18.7 Å². The Hall–Kier alpha value is -3.97. The van der Waals surface area contributed by atoms with Crippen molar-refractivity contribution in [3.05, 3.63) is 101 Å². The molecule has 1 heterocycles. The lowest BCUT2D eigenvalue weighted by Gasteiger charge is -2.15. The Morgan fingerprint density at radius 2 is 1.70 bits per heavy atom. The van der Waals surface area contributed by atoms with Crippen molar-refractivity contribution in [2.45, 2.75) is 13.0 Å². The van der Waals surface area contributed by atoms with E-state index < -0.39 is 0 Å². The fourth-order valence-corrected chi connectivity index (χ4v) is 4.19. The highest BCUT2D eigenvalue weighted by Gasteiger charge is 2.17. The van der Waals surface area contributed by atoms with Crippen molar-refractivity contribution in [3.63, 3.8) is 0 Å². The molecule has 1 unspecified atom stereocenters. The van der Waals surface area contributed by atoms with E-state index in [9.17, 15) is 9.59 Å². The Morgan fingerprint density at radius 1 is 0.939 bits per heavy atom. The third kappa shape index (κ3) is 5.27. The number of hydrogen-bond donors (Lipinski definition) is 2. The number of amides is 2. The van der Waals surface area contributed by atoms with E-state index in [1.165, 1.54) is 11.3 Å². The summed E-state index contributed by atoms with van der Waals surface area (Å²) in [6.45, 7) is 1.89. The van der Waals surface area contributed by atoms with Gasteiger partial charge < -0.3 is 15.4 Å². The van der Waals surface area contributed by atoms with Crippen LogP contribution >= 0.6 is 11.3 Å². The topological polar surface area (TPSA) is 80.3 Å². The molecule has 7 heteroatoms. The van der Waals surface area contributed by atoms with E-state index in [-0.39, 0.29) is 17.9 Å². The fraction of sp³-hybridized carbons (Fsp3) is 0.115. The van der Waals surface area contributed by atoms with Gasteiger partial charge >= 0.3 is 0 Å². The standard InChI is InChI=1S/C26H23N3O3S/c1-17(19-11-8-12-20(15-19)28-24(30)18-9-4-3-5-10-18)27-25(31)22-16-33-26(29-22)21-13-6-7-14-23(21)32-2/h3-17H,1-2H3,(H,27,31)(H,28,30). The van der Waals surface area contributed by atoms with Gasteiger partial charge in [-0.15, -0.1) is 11.3 Å². The predicted molar refractivity (Wildman–Crippen MR) is 131 cm³/mol. The van der Waals surface area contributed by atoms with Gasteiger partial charge in [-0.1, -0.05) is 42.5 Å². The number of para-hydroxylation sites is 1. The summed E-state index contributed by atoms with van der Waals surface area (Å²) in [6.07, 6.45) is 0. The van der Waals surface area contributed by atoms with Gasteiger partial charge in [-0.2, -0.15) is 0 Å². The molecule has 4 rings (SSSR count). The summed E-state index contributed by atoms with van der Waals surface area (Å²) in [4.78, 5) is 29.7. The van der Waals surface area contributed by atoms with E-state index in [0.717, 1.165) is 16.1 Å². The minimum Gasteiger partial charge on any atom is -0.496 e. The zero-order chi connectivity index (χ0) is 23.2. The zero-order valence-electron chi connectivity index (χ0n) is 18.2. The van der Waals surface area contributed by atoms with Crippen molar-refractivity contribution in [1.29, 1.82) is 0 Å². The zero-order valence-corrected chi connectivity index (χ0v) is 19.1. The summed E-state index contributed by atoms with van der Waals surface area (Å²) in [7, 11) is 1.61. The molecule has 0 saturated carbocycles. The highest BCUT2D eigenvalue weighted by atomic mass is 32.1. The normalized spacial score (nSPS) is 11.5. The summed E-state index contributed by atoms with van der Waals surface area (Å²) < 4.78 is 5.39. The number of benzene rings is 3. The van der Waals surface area contributed by atoms with Crippen LogP contribution in [-0.4, -0.2) is 23.9 Å². The van der Waals surface area contributed by atoms with Gasteiger partial charge in [-0.3, -0.25) is 9.59 Å². The van der Waals surface area contributed by atoms with Crippen LogP contribution in [-0.2, 0) is 0 Å². The first-order valence-electron chi connectivity index (χ1n) is 10.4. The molecule has 0 saturated heterocycles. The average Bonchev–Trinajstić information content (AvgIpc) is 3.35. The number of carbonyl (C=O) groups is 2. The second kappa shape index (κ2) is 10.1. The van der Waals surface area contributed by atoms with E-state index in [1.54, 1.807) is 24.6 Å². The van der Waals surface area contributed by atoms with Crippen LogP contribution in [0.15, 0.2) is 84.2 Å². The molecule has 3 aromatic carbocycles.